The highest BCUT2D eigenvalue weighted by molar-refractivity contribution is 7.88. The molecule has 0 atom stereocenters. The van der Waals surface area contributed by atoms with Gasteiger partial charge in [-0.05, 0) is 18.6 Å². The molecule has 0 bridgehead atoms. The average molecular weight is 377 g/mol. The van der Waals surface area contributed by atoms with Crippen LogP contribution in [-0.4, -0.2) is 29.8 Å². The Hall–Kier alpha value is -2.43. The second kappa shape index (κ2) is 7.21. The van der Waals surface area contributed by atoms with Crippen LogP contribution in [0.4, 0.5) is 19.0 Å². The van der Waals surface area contributed by atoms with Gasteiger partial charge in [0.2, 0.25) is 5.91 Å². The van der Waals surface area contributed by atoms with E-state index in [1.165, 1.54) is 18.3 Å². The summed E-state index contributed by atoms with van der Waals surface area (Å²) in [4.78, 5) is 19.6. The van der Waals surface area contributed by atoms with Crippen LogP contribution in [-0.2, 0) is 14.9 Å². The van der Waals surface area contributed by atoms with Gasteiger partial charge in [0.15, 0.2) is 5.75 Å². The Morgan fingerprint density at radius 1 is 1.36 bits per heavy atom. The number of alkyl halides is 3. The first-order valence-electron chi connectivity index (χ1n) is 7.20. The van der Waals surface area contributed by atoms with E-state index >= 15 is 0 Å². The number of halogens is 3. The van der Waals surface area contributed by atoms with E-state index in [1.54, 1.807) is 0 Å². The van der Waals surface area contributed by atoms with Crippen molar-refractivity contribution in [3.63, 3.8) is 0 Å². The van der Waals surface area contributed by atoms with Gasteiger partial charge >= 0.3 is 15.6 Å². The van der Waals surface area contributed by atoms with Crippen molar-refractivity contribution in [1.29, 1.82) is 0 Å². The molecular formula is C14H14F3N3O4S. The van der Waals surface area contributed by atoms with Crippen LogP contribution in [0, 0.1) is 0 Å². The maximum absolute atomic E-state index is 12.6. The van der Waals surface area contributed by atoms with Crippen molar-refractivity contribution in [3.05, 3.63) is 24.4 Å². The number of fused-ring (bicyclic) bond motifs is 1. The molecule has 2 aromatic rings. The number of carbonyl (C=O) groups is 1. The highest BCUT2D eigenvalue weighted by Gasteiger charge is 2.48. The summed E-state index contributed by atoms with van der Waals surface area (Å²) in [5, 5.41) is 2.40. The van der Waals surface area contributed by atoms with Gasteiger partial charge in [-0.15, -0.1) is 0 Å². The Morgan fingerprint density at radius 2 is 2.08 bits per heavy atom. The molecule has 1 amide bonds. The molecular weight excluding hydrogens is 363 g/mol. The molecule has 0 aromatic carbocycles. The van der Waals surface area contributed by atoms with Crippen LogP contribution in [0.5, 0.6) is 5.75 Å². The van der Waals surface area contributed by atoms with Crippen LogP contribution in [0.25, 0.3) is 11.0 Å². The van der Waals surface area contributed by atoms with Crippen molar-refractivity contribution in [2.75, 3.05) is 5.32 Å². The van der Waals surface area contributed by atoms with Crippen molar-refractivity contribution < 1.29 is 30.6 Å². The van der Waals surface area contributed by atoms with Gasteiger partial charge in [0.05, 0.1) is 5.52 Å². The highest BCUT2D eigenvalue weighted by atomic mass is 32.2. The minimum absolute atomic E-state index is 0.0724. The molecule has 0 radical (unpaired) electrons. The predicted octanol–water partition coefficient (Wildman–Crippen LogP) is 2.99. The number of aromatic nitrogens is 2. The van der Waals surface area contributed by atoms with Crippen LogP contribution < -0.4 is 9.50 Å². The van der Waals surface area contributed by atoms with E-state index in [2.05, 4.69) is 19.5 Å². The first kappa shape index (κ1) is 18.9. The van der Waals surface area contributed by atoms with E-state index in [0.29, 0.717) is 6.42 Å². The molecule has 0 fully saturated rings. The molecule has 7 nitrogen and oxygen atoms in total. The first-order chi connectivity index (χ1) is 11.6. The Bertz CT molecular complexity index is 885. The second-order valence-corrected chi connectivity index (χ2v) is 6.55. The summed E-state index contributed by atoms with van der Waals surface area (Å²) >= 11 is 0. The molecule has 0 aliphatic heterocycles. The van der Waals surface area contributed by atoms with Crippen LogP contribution in [0.1, 0.15) is 26.2 Å². The summed E-state index contributed by atoms with van der Waals surface area (Å²) in [6.45, 7) is 1.89. The molecule has 11 heteroatoms. The third kappa shape index (κ3) is 4.56. The summed E-state index contributed by atoms with van der Waals surface area (Å²) in [5.74, 6) is -1.20. The van der Waals surface area contributed by atoms with E-state index in [-0.39, 0.29) is 23.3 Å². The monoisotopic (exact) mass is 377 g/mol. The van der Waals surface area contributed by atoms with Gasteiger partial charge in [-0.25, -0.2) is 4.98 Å². The number of amides is 1. The third-order valence-electron chi connectivity index (χ3n) is 3.04. The van der Waals surface area contributed by atoms with Crippen LogP contribution in [0.2, 0.25) is 0 Å². The summed E-state index contributed by atoms with van der Waals surface area (Å²) in [5.41, 5.74) is -5.70. The van der Waals surface area contributed by atoms with E-state index < -0.39 is 27.3 Å². The summed E-state index contributed by atoms with van der Waals surface area (Å²) in [6.07, 6.45) is 2.84. The smallest absolute Gasteiger partial charge is 0.373 e. The number of anilines is 1. The Labute approximate surface area is 141 Å². The van der Waals surface area contributed by atoms with Crippen molar-refractivity contribution in [1.82, 2.24) is 9.97 Å². The number of rotatable bonds is 6. The lowest BCUT2D eigenvalue weighted by Gasteiger charge is -2.12. The maximum Gasteiger partial charge on any atom is 0.534 e. The van der Waals surface area contributed by atoms with Gasteiger partial charge in [0.25, 0.3) is 0 Å². The molecule has 136 valence electrons. The third-order valence-corrected chi connectivity index (χ3v) is 4.00. The predicted molar refractivity (Wildman–Crippen MR) is 83.3 cm³/mol. The molecule has 1 N–H and O–H groups in total. The van der Waals surface area contributed by atoms with E-state index in [9.17, 15) is 26.4 Å². The number of unbranched alkanes of at least 4 members (excludes halogenated alkanes) is 1. The van der Waals surface area contributed by atoms with Gasteiger partial charge in [-0.3, -0.25) is 9.78 Å². The Balaban J connectivity index is 2.42. The standard InChI is InChI=1S/C14H14F3N3O4S/c1-2-3-6-12(21)20-11-8-10(24-25(22,23)14(15,16)17)13-9(19-11)5-4-7-18-13/h4-5,7-8H,2-3,6H2,1H3,(H,19,20,21). The van der Waals surface area contributed by atoms with Gasteiger partial charge in [-0.1, -0.05) is 13.3 Å². The first-order valence-corrected chi connectivity index (χ1v) is 8.61. The number of nitrogens with zero attached hydrogens (tertiary/aromatic N) is 2. The van der Waals surface area contributed by atoms with Gasteiger partial charge < -0.3 is 9.50 Å². The molecule has 0 saturated heterocycles. The lowest BCUT2D eigenvalue weighted by atomic mass is 10.2. The van der Waals surface area contributed by atoms with Crippen molar-refractivity contribution in [3.8, 4) is 5.75 Å². The lowest BCUT2D eigenvalue weighted by molar-refractivity contribution is -0.116. The summed E-state index contributed by atoms with van der Waals surface area (Å²) in [6, 6.07) is 3.75. The number of hydrogen-bond acceptors (Lipinski definition) is 6. The van der Waals surface area contributed by atoms with Crippen molar-refractivity contribution in [2.24, 2.45) is 0 Å². The van der Waals surface area contributed by atoms with E-state index in [0.717, 1.165) is 12.5 Å². The number of hydrogen-bond donors (Lipinski definition) is 1. The lowest BCUT2D eigenvalue weighted by Crippen LogP contribution is -2.28. The molecule has 2 rings (SSSR count). The van der Waals surface area contributed by atoms with Crippen LogP contribution >= 0.6 is 0 Å². The quantitative estimate of drug-likeness (QED) is 0.614. The molecule has 0 saturated carbocycles. The highest BCUT2D eigenvalue weighted by Crippen LogP contribution is 2.31. The minimum atomic E-state index is -5.88. The topological polar surface area (TPSA) is 98.2 Å². The van der Waals surface area contributed by atoms with Crippen molar-refractivity contribution in [2.45, 2.75) is 31.7 Å². The van der Waals surface area contributed by atoms with Gasteiger partial charge in [-0.2, -0.15) is 21.6 Å². The number of pyridine rings is 2. The summed E-state index contributed by atoms with van der Waals surface area (Å²) in [7, 11) is -5.88. The minimum Gasteiger partial charge on any atom is -0.373 e. The van der Waals surface area contributed by atoms with Crippen LogP contribution in [0.3, 0.4) is 0 Å². The average Bonchev–Trinajstić information content (AvgIpc) is 2.51. The fourth-order valence-electron chi connectivity index (χ4n) is 1.87. The van der Waals surface area contributed by atoms with Crippen molar-refractivity contribution >= 4 is 32.9 Å². The molecule has 2 aromatic heterocycles. The van der Waals surface area contributed by atoms with E-state index in [1.807, 2.05) is 6.92 Å². The molecule has 2 heterocycles. The normalized spacial score (nSPS) is 12.2. The van der Waals surface area contributed by atoms with Gasteiger partial charge in [0, 0.05) is 18.7 Å². The molecule has 0 aliphatic rings. The Morgan fingerprint density at radius 3 is 2.72 bits per heavy atom. The molecule has 0 aliphatic carbocycles. The van der Waals surface area contributed by atoms with Gasteiger partial charge in [0.1, 0.15) is 11.3 Å². The largest absolute Gasteiger partial charge is 0.534 e. The zero-order valence-corrected chi connectivity index (χ0v) is 13.8. The fraction of sp³-hybridized carbons (Fsp3) is 0.357. The number of carbonyl (C=O) groups excluding carboxylic acids is 1. The molecule has 0 unspecified atom stereocenters. The summed E-state index contributed by atoms with van der Waals surface area (Å²) < 4.78 is 64.3. The zero-order chi connectivity index (χ0) is 18.7. The van der Waals surface area contributed by atoms with Crippen LogP contribution in [0.15, 0.2) is 24.4 Å². The number of nitrogens with one attached hydrogen (secondary N) is 1. The fourth-order valence-corrected chi connectivity index (χ4v) is 2.33. The molecule has 0 spiro atoms. The zero-order valence-electron chi connectivity index (χ0n) is 13.0. The van der Waals surface area contributed by atoms with E-state index in [4.69, 9.17) is 0 Å². The SMILES string of the molecule is CCCCC(=O)Nc1cc(OS(=O)(=O)C(F)(F)F)c2ncccc2n1. The Kier molecular flexibility index (Phi) is 5.45. The molecule has 25 heavy (non-hydrogen) atoms. The second-order valence-electron chi connectivity index (χ2n) is 5.01. The maximum atomic E-state index is 12.6.